The summed E-state index contributed by atoms with van der Waals surface area (Å²) in [6.45, 7) is 3.24. The lowest BCUT2D eigenvalue weighted by atomic mass is 9.86. The largest absolute Gasteiger partial charge is 0.335 e. The number of aromatic nitrogens is 1. The number of amides is 1. The molecule has 18 heavy (non-hydrogen) atoms. The average Bonchev–Trinajstić information content (AvgIpc) is 2.29. The van der Waals surface area contributed by atoms with E-state index >= 15 is 0 Å². The summed E-state index contributed by atoms with van der Waals surface area (Å²) < 4.78 is 1.44. The van der Waals surface area contributed by atoms with E-state index in [0.717, 1.165) is 12.8 Å². The van der Waals surface area contributed by atoms with Crippen LogP contribution in [0.5, 0.6) is 0 Å². The van der Waals surface area contributed by atoms with Gasteiger partial charge in [-0.15, -0.1) is 0 Å². The van der Waals surface area contributed by atoms with Gasteiger partial charge >= 0.3 is 0 Å². The van der Waals surface area contributed by atoms with E-state index in [1.165, 1.54) is 10.6 Å². The number of pyridine rings is 1. The molecule has 1 amide bonds. The number of aryl methyl sites for hydroxylation is 1. The lowest BCUT2D eigenvalue weighted by molar-refractivity contribution is 0.0386. The molecule has 0 saturated carbocycles. The number of likely N-dealkylation sites (tertiary alicyclic amines) is 1. The van der Waals surface area contributed by atoms with E-state index in [1.807, 2.05) is 0 Å². The van der Waals surface area contributed by atoms with Crippen molar-refractivity contribution in [2.24, 2.45) is 12.8 Å². The Bertz CT molecular complexity index is 515. The van der Waals surface area contributed by atoms with Crippen molar-refractivity contribution in [1.29, 1.82) is 0 Å². The molecule has 0 aliphatic carbocycles. The Morgan fingerprint density at radius 2 is 2.17 bits per heavy atom. The zero-order valence-electron chi connectivity index (χ0n) is 10.8. The van der Waals surface area contributed by atoms with Gasteiger partial charge in [0.2, 0.25) is 0 Å². The van der Waals surface area contributed by atoms with Crippen LogP contribution < -0.4 is 11.3 Å². The van der Waals surface area contributed by atoms with Gasteiger partial charge in [-0.25, -0.2) is 0 Å². The average molecular weight is 249 g/mol. The van der Waals surface area contributed by atoms with Gasteiger partial charge in [-0.3, -0.25) is 9.59 Å². The second-order valence-electron chi connectivity index (χ2n) is 5.14. The zero-order valence-corrected chi connectivity index (χ0v) is 10.8. The van der Waals surface area contributed by atoms with Crippen molar-refractivity contribution < 1.29 is 4.79 Å². The minimum atomic E-state index is -0.232. The number of hydrogen-bond acceptors (Lipinski definition) is 3. The first-order valence-corrected chi connectivity index (χ1v) is 6.20. The highest BCUT2D eigenvalue weighted by atomic mass is 16.2. The monoisotopic (exact) mass is 249 g/mol. The maximum Gasteiger partial charge on any atom is 0.254 e. The molecule has 0 unspecified atom stereocenters. The summed E-state index contributed by atoms with van der Waals surface area (Å²) in [5.74, 6) is -0.107. The van der Waals surface area contributed by atoms with Crippen molar-refractivity contribution in [1.82, 2.24) is 9.47 Å². The SMILES string of the molecule is CCCC1(N)CN(C(=O)c2ccn(C)c(=O)c2)C1. The van der Waals surface area contributed by atoms with Gasteiger partial charge in [0.25, 0.3) is 11.5 Å². The van der Waals surface area contributed by atoms with Crippen LogP contribution in [-0.2, 0) is 7.05 Å². The maximum absolute atomic E-state index is 12.1. The third-order valence-electron chi connectivity index (χ3n) is 3.40. The fraction of sp³-hybridized carbons (Fsp3) is 0.538. The first-order valence-electron chi connectivity index (χ1n) is 6.20. The minimum Gasteiger partial charge on any atom is -0.335 e. The van der Waals surface area contributed by atoms with Gasteiger partial charge in [-0.1, -0.05) is 13.3 Å². The molecular weight excluding hydrogens is 230 g/mol. The summed E-state index contributed by atoms with van der Waals surface area (Å²) in [5, 5.41) is 0. The van der Waals surface area contributed by atoms with Crippen LogP contribution in [0.3, 0.4) is 0 Å². The van der Waals surface area contributed by atoms with Crippen LogP contribution in [0.1, 0.15) is 30.1 Å². The number of carbonyl (C=O) groups excluding carboxylic acids is 1. The Morgan fingerprint density at radius 3 is 2.72 bits per heavy atom. The summed E-state index contributed by atoms with van der Waals surface area (Å²) in [5.41, 5.74) is 6.15. The zero-order chi connectivity index (χ0) is 13.3. The molecule has 1 aromatic heterocycles. The topological polar surface area (TPSA) is 68.3 Å². The van der Waals surface area contributed by atoms with Crippen LogP contribution in [0.2, 0.25) is 0 Å². The first kappa shape index (κ1) is 12.8. The van der Waals surface area contributed by atoms with E-state index in [2.05, 4.69) is 6.92 Å². The molecule has 1 saturated heterocycles. The van der Waals surface area contributed by atoms with Gasteiger partial charge in [0.15, 0.2) is 0 Å². The van der Waals surface area contributed by atoms with E-state index in [1.54, 1.807) is 24.2 Å². The molecule has 0 atom stereocenters. The molecule has 2 heterocycles. The second-order valence-corrected chi connectivity index (χ2v) is 5.14. The number of hydrogen-bond donors (Lipinski definition) is 1. The highest BCUT2D eigenvalue weighted by molar-refractivity contribution is 5.94. The number of carbonyl (C=O) groups is 1. The summed E-state index contributed by atoms with van der Waals surface area (Å²) >= 11 is 0. The highest BCUT2D eigenvalue weighted by Crippen LogP contribution is 2.24. The molecule has 1 aromatic rings. The molecule has 1 aliphatic heterocycles. The van der Waals surface area contributed by atoms with Gasteiger partial charge in [0, 0.05) is 38.0 Å². The molecule has 0 aromatic carbocycles. The molecule has 1 aliphatic rings. The molecule has 0 spiro atoms. The lowest BCUT2D eigenvalue weighted by Crippen LogP contribution is -2.68. The van der Waals surface area contributed by atoms with E-state index in [-0.39, 0.29) is 17.0 Å². The molecule has 5 nitrogen and oxygen atoms in total. The summed E-state index contributed by atoms with van der Waals surface area (Å²) in [6.07, 6.45) is 3.55. The van der Waals surface area contributed by atoms with Crippen molar-refractivity contribution in [3.8, 4) is 0 Å². The molecule has 0 radical (unpaired) electrons. The standard InChI is InChI=1S/C13H19N3O2/c1-3-5-13(14)8-16(9-13)12(18)10-4-6-15(2)11(17)7-10/h4,6-7H,3,5,8-9,14H2,1-2H3. The number of rotatable bonds is 3. The summed E-state index contributed by atoms with van der Waals surface area (Å²) in [6, 6.07) is 3.04. The lowest BCUT2D eigenvalue weighted by Gasteiger charge is -2.47. The van der Waals surface area contributed by atoms with Crippen LogP contribution >= 0.6 is 0 Å². The van der Waals surface area contributed by atoms with Crippen LogP contribution in [0.4, 0.5) is 0 Å². The normalized spacial score (nSPS) is 17.4. The van der Waals surface area contributed by atoms with Crippen molar-refractivity contribution in [2.75, 3.05) is 13.1 Å². The fourth-order valence-corrected chi connectivity index (χ4v) is 2.38. The highest BCUT2D eigenvalue weighted by Gasteiger charge is 2.41. The van der Waals surface area contributed by atoms with Crippen LogP contribution in [0.25, 0.3) is 0 Å². The number of nitrogens with two attached hydrogens (primary N) is 1. The fourth-order valence-electron chi connectivity index (χ4n) is 2.38. The molecule has 2 N–H and O–H groups in total. The Balaban J connectivity index is 2.06. The molecule has 2 rings (SSSR count). The van der Waals surface area contributed by atoms with Gasteiger partial charge in [-0.05, 0) is 12.5 Å². The van der Waals surface area contributed by atoms with Gasteiger partial charge in [0.1, 0.15) is 0 Å². The summed E-state index contributed by atoms with van der Waals surface area (Å²) in [7, 11) is 1.66. The molecule has 0 bridgehead atoms. The van der Waals surface area contributed by atoms with Gasteiger partial charge < -0.3 is 15.2 Å². The molecule has 1 fully saturated rings. The van der Waals surface area contributed by atoms with Crippen molar-refractivity contribution in [3.05, 3.63) is 34.2 Å². The molecule has 5 heteroatoms. The van der Waals surface area contributed by atoms with E-state index in [4.69, 9.17) is 5.73 Å². The molecular formula is C13H19N3O2. The summed E-state index contributed by atoms with van der Waals surface area (Å²) in [4.78, 5) is 25.3. The Kier molecular flexibility index (Phi) is 3.26. The van der Waals surface area contributed by atoms with Crippen molar-refractivity contribution >= 4 is 5.91 Å². The van der Waals surface area contributed by atoms with E-state index in [0.29, 0.717) is 18.7 Å². The Morgan fingerprint density at radius 1 is 1.50 bits per heavy atom. The maximum atomic E-state index is 12.1. The third kappa shape index (κ3) is 2.31. The van der Waals surface area contributed by atoms with Crippen LogP contribution in [0, 0.1) is 0 Å². The predicted octanol–water partition coefficient (Wildman–Crippen LogP) is 0.339. The minimum absolute atomic E-state index is 0.107. The predicted molar refractivity (Wildman–Crippen MR) is 69.4 cm³/mol. The van der Waals surface area contributed by atoms with E-state index in [9.17, 15) is 9.59 Å². The van der Waals surface area contributed by atoms with Crippen molar-refractivity contribution in [3.63, 3.8) is 0 Å². The second kappa shape index (κ2) is 4.57. The molecule has 98 valence electrons. The van der Waals surface area contributed by atoms with Gasteiger partial charge in [0.05, 0.1) is 5.54 Å². The van der Waals surface area contributed by atoms with Crippen LogP contribution in [0.15, 0.2) is 23.1 Å². The Labute approximate surface area is 106 Å². The van der Waals surface area contributed by atoms with Crippen molar-refractivity contribution in [2.45, 2.75) is 25.3 Å². The van der Waals surface area contributed by atoms with Crippen LogP contribution in [-0.4, -0.2) is 34.0 Å². The quantitative estimate of drug-likeness (QED) is 0.840. The smallest absolute Gasteiger partial charge is 0.254 e. The number of nitrogens with zero attached hydrogens (tertiary/aromatic N) is 2. The Hall–Kier alpha value is -1.62. The first-order chi connectivity index (χ1) is 8.45. The van der Waals surface area contributed by atoms with Gasteiger partial charge in [-0.2, -0.15) is 0 Å². The van der Waals surface area contributed by atoms with E-state index < -0.39 is 0 Å². The third-order valence-corrected chi connectivity index (χ3v) is 3.40.